The Morgan fingerprint density at radius 2 is 1.64 bits per heavy atom. The van der Waals surface area contributed by atoms with E-state index in [1.54, 1.807) is 21.3 Å². The van der Waals surface area contributed by atoms with E-state index in [1.807, 2.05) is 6.07 Å². The fourth-order valence-corrected chi connectivity index (χ4v) is 4.83. The maximum Gasteiger partial charge on any atom is 0.161 e. The van der Waals surface area contributed by atoms with Gasteiger partial charge in [-0.3, -0.25) is 4.90 Å². The van der Waals surface area contributed by atoms with Crippen molar-refractivity contribution >= 4 is 10.8 Å². The van der Waals surface area contributed by atoms with Gasteiger partial charge in [0.05, 0.1) is 21.3 Å². The highest BCUT2D eigenvalue weighted by molar-refractivity contribution is 5.88. The van der Waals surface area contributed by atoms with Gasteiger partial charge in [0.2, 0.25) is 0 Å². The summed E-state index contributed by atoms with van der Waals surface area (Å²) in [5.74, 6) is 2.56. The van der Waals surface area contributed by atoms with Crippen molar-refractivity contribution in [1.82, 2.24) is 4.90 Å². The second kappa shape index (κ2) is 6.71. The highest BCUT2D eigenvalue weighted by Crippen LogP contribution is 2.43. The molecule has 4 nitrogen and oxygen atoms in total. The minimum Gasteiger partial charge on any atom is -0.497 e. The first-order valence-corrected chi connectivity index (χ1v) is 9.79. The average Bonchev–Trinajstić information content (AvgIpc) is 2.76. The lowest BCUT2D eigenvalue weighted by Crippen LogP contribution is -2.39. The third-order valence-electron chi connectivity index (χ3n) is 6.33. The molecule has 0 aliphatic carbocycles. The quantitative estimate of drug-likeness (QED) is 0.673. The van der Waals surface area contributed by atoms with Crippen LogP contribution in [-0.2, 0) is 19.4 Å². The van der Waals surface area contributed by atoms with Gasteiger partial charge < -0.3 is 14.2 Å². The fraction of sp³-hybridized carbons (Fsp3) is 0.333. The van der Waals surface area contributed by atoms with Gasteiger partial charge in [-0.25, -0.2) is 0 Å². The van der Waals surface area contributed by atoms with E-state index in [4.69, 9.17) is 14.2 Å². The molecule has 0 radical (unpaired) electrons. The Hall–Kier alpha value is -2.72. The number of nitrogens with zero attached hydrogens (tertiary/aromatic N) is 1. The van der Waals surface area contributed by atoms with Crippen LogP contribution in [0.15, 0.2) is 42.5 Å². The smallest absolute Gasteiger partial charge is 0.161 e. The minimum atomic E-state index is 0.388. The molecule has 28 heavy (non-hydrogen) atoms. The molecule has 2 heterocycles. The lowest BCUT2D eigenvalue weighted by molar-refractivity contribution is 0.161. The van der Waals surface area contributed by atoms with Crippen LogP contribution >= 0.6 is 0 Å². The third kappa shape index (κ3) is 2.63. The van der Waals surface area contributed by atoms with Crippen LogP contribution in [0.5, 0.6) is 17.2 Å². The molecule has 0 aromatic heterocycles. The third-order valence-corrected chi connectivity index (χ3v) is 6.33. The summed E-state index contributed by atoms with van der Waals surface area (Å²) in [7, 11) is 5.14. The summed E-state index contributed by atoms with van der Waals surface area (Å²) in [5, 5.41) is 2.59. The fourth-order valence-electron chi connectivity index (χ4n) is 4.83. The zero-order valence-corrected chi connectivity index (χ0v) is 16.6. The zero-order valence-electron chi connectivity index (χ0n) is 16.6. The van der Waals surface area contributed by atoms with E-state index in [-0.39, 0.29) is 0 Å². The Morgan fingerprint density at radius 3 is 2.43 bits per heavy atom. The SMILES string of the molecule is COc1ccc2ccc3c(c2c1)CN1CCc2cc(OC)c(OC)cc2C1C3. The summed E-state index contributed by atoms with van der Waals surface area (Å²) in [5.41, 5.74) is 5.63. The number of rotatable bonds is 3. The molecule has 0 saturated carbocycles. The van der Waals surface area contributed by atoms with Crippen molar-refractivity contribution in [2.75, 3.05) is 27.9 Å². The van der Waals surface area contributed by atoms with Gasteiger partial charge in [-0.05, 0) is 70.1 Å². The van der Waals surface area contributed by atoms with E-state index in [1.165, 1.54) is 33.0 Å². The highest BCUT2D eigenvalue weighted by atomic mass is 16.5. The molecule has 2 aliphatic rings. The molecule has 0 saturated heterocycles. The molecular weight excluding hydrogens is 350 g/mol. The van der Waals surface area contributed by atoms with Gasteiger partial charge in [0.1, 0.15) is 5.75 Å². The van der Waals surface area contributed by atoms with Gasteiger partial charge in [-0.15, -0.1) is 0 Å². The van der Waals surface area contributed by atoms with Crippen LogP contribution in [0.4, 0.5) is 0 Å². The van der Waals surface area contributed by atoms with Crippen molar-refractivity contribution in [3.8, 4) is 17.2 Å². The van der Waals surface area contributed by atoms with Crippen molar-refractivity contribution in [3.63, 3.8) is 0 Å². The highest BCUT2D eigenvalue weighted by Gasteiger charge is 2.33. The molecule has 0 fully saturated rings. The Bertz CT molecular complexity index is 1060. The molecule has 3 aromatic carbocycles. The number of hydrogen-bond donors (Lipinski definition) is 0. The first-order chi connectivity index (χ1) is 13.7. The zero-order chi connectivity index (χ0) is 19.3. The van der Waals surface area contributed by atoms with Crippen LogP contribution < -0.4 is 14.2 Å². The monoisotopic (exact) mass is 375 g/mol. The van der Waals surface area contributed by atoms with E-state index in [9.17, 15) is 0 Å². The standard InChI is InChI=1S/C24H25NO3/c1-26-18-7-6-15-4-5-16-10-22-20-13-24(28-3)23(27-2)11-17(20)8-9-25(22)14-21(16)19(15)12-18/h4-7,11-13,22H,8-10,14H2,1-3H3. The number of benzene rings is 3. The summed E-state index contributed by atoms with van der Waals surface area (Å²) < 4.78 is 16.6. The molecule has 144 valence electrons. The van der Waals surface area contributed by atoms with E-state index in [0.717, 1.165) is 43.2 Å². The molecule has 0 amide bonds. The van der Waals surface area contributed by atoms with Gasteiger partial charge >= 0.3 is 0 Å². The molecular formula is C24H25NO3. The molecule has 5 rings (SSSR count). The summed E-state index contributed by atoms with van der Waals surface area (Å²) in [6.07, 6.45) is 2.06. The normalized spacial score (nSPS) is 18.2. The largest absolute Gasteiger partial charge is 0.497 e. The lowest BCUT2D eigenvalue weighted by atomic mass is 9.82. The molecule has 2 aliphatic heterocycles. The Morgan fingerprint density at radius 1 is 0.857 bits per heavy atom. The molecule has 1 unspecified atom stereocenters. The number of fused-ring (bicyclic) bond motifs is 6. The van der Waals surface area contributed by atoms with E-state index in [2.05, 4.69) is 41.3 Å². The number of ether oxygens (including phenoxy) is 3. The minimum absolute atomic E-state index is 0.388. The Balaban J connectivity index is 1.60. The van der Waals surface area contributed by atoms with Crippen LogP contribution in [-0.4, -0.2) is 32.8 Å². The Kier molecular flexibility index (Phi) is 4.17. The first-order valence-electron chi connectivity index (χ1n) is 9.79. The van der Waals surface area contributed by atoms with E-state index < -0.39 is 0 Å². The summed E-state index contributed by atoms with van der Waals surface area (Å²) in [6.45, 7) is 2.03. The Labute approximate surface area is 165 Å². The summed E-state index contributed by atoms with van der Waals surface area (Å²) in [4.78, 5) is 2.61. The van der Waals surface area contributed by atoms with Crippen molar-refractivity contribution in [3.05, 3.63) is 64.7 Å². The van der Waals surface area contributed by atoms with Crippen LogP contribution in [0, 0.1) is 0 Å². The number of methoxy groups -OCH3 is 3. The van der Waals surface area contributed by atoms with E-state index in [0.29, 0.717) is 6.04 Å². The van der Waals surface area contributed by atoms with Crippen LogP contribution in [0.2, 0.25) is 0 Å². The van der Waals surface area contributed by atoms with Crippen LogP contribution in [0.3, 0.4) is 0 Å². The second-order valence-electron chi connectivity index (χ2n) is 7.64. The van der Waals surface area contributed by atoms with Crippen molar-refractivity contribution in [2.24, 2.45) is 0 Å². The number of hydrogen-bond acceptors (Lipinski definition) is 4. The molecule has 0 bridgehead atoms. The van der Waals surface area contributed by atoms with Gasteiger partial charge in [-0.2, -0.15) is 0 Å². The molecule has 0 N–H and O–H groups in total. The first kappa shape index (κ1) is 17.4. The molecule has 4 heteroatoms. The molecule has 3 aromatic rings. The van der Waals surface area contributed by atoms with Crippen molar-refractivity contribution in [2.45, 2.75) is 25.4 Å². The average molecular weight is 375 g/mol. The predicted octanol–water partition coefficient (Wildman–Crippen LogP) is 4.52. The van der Waals surface area contributed by atoms with Gasteiger partial charge in [0, 0.05) is 19.1 Å². The predicted molar refractivity (Wildman–Crippen MR) is 111 cm³/mol. The molecule has 0 spiro atoms. The van der Waals surface area contributed by atoms with Gasteiger partial charge in [0.25, 0.3) is 0 Å². The second-order valence-corrected chi connectivity index (χ2v) is 7.64. The van der Waals surface area contributed by atoms with Gasteiger partial charge in [-0.1, -0.05) is 18.2 Å². The van der Waals surface area contributed by atoms with Gasteiger partial charge in [0.15, 0.2) is 11.5 Å². The summed E-state index contributed by atoms with van der Waals surface area (Å²) in [6, 6.07) is 15.6. The molecule has 1 atom stereocenters. The maximum atomic E-state index is 5.58. The van der Waals surface area contributed by atoms with E-state index >= 15 is 0 Å². The van der Waals surface area contributed by atoms with Crippen LogP contribution in [0.25, 0.3) is 10.8 Å². The van der Waals surface area contributed by atoms with Crippen LogP contribution in [0.1, 0.15) is 28.3 Å². The topological polar surface area (TPSA) is 30.9 Å². The maximum absolute atomic E-state index is 5.58. The summed E-state index contributed by atoms with van der Waals surface area (Å²) >= 11 is 0. The lowest BCUT2D eigenvalue weighted by Gasteiger charge is -2.42. The van der Waals surface area contributed by atoms with Crippen molar-refractivity contribution < 1.29 is 14.2 Å². The van der Waals surface area contributed by atoms with Crippen molar-refractivity contribution in [1.29, 1.82) is 0 Å².